The standard InChI is InChI=1S/C6H12N4/c1-4-3-10(6(7)8)9-5(4)2/h3,5,9H,1-2H3,(H3,7,8). The minimum atomic E-state index is 0.0312. The van der Waals surface area contributed by atoms with Gasteiger partial charge in [0.15, 0.2) is 0 Å². The van der Waals surface area contributed by atoms with E-state index in [1.165, 1.54) is 10.6 Å². The van der Waals surface area contributed by atoms with Crippen molar-refractivity contribution in [3.8, 4) is 0 Å². The predicted molar refractivity (Wildman–Crippen MR) is 40.1 cm³/mol. The van der Waals surface area contributed by atoms with Crippen molar-refractivity contribution in [2.45, 2.75) is 19.9 Å². The Labute approximate surface area is 60.2 Å². The molecule has 0 aromatic rings. The number of hydrogen-bond acceptors (Lipinski definition) is 2. The van der Waals surface area contributed by atoms with Gasteiger partial charge in [0, 0.05) is 12.2 Å². The first-order valence-electron chi connectivity index (χ1n) is 3.19. The van der Waals surface area contributed by atoms with Crippen LogP contribution >= 0.6 is 0 Å². The van der Waals surface area contributed by atoms with Crippen LogP contribution in [0, 0.1) is 5.41 Å². The molecule has 0 fully saturated rings. The van der Waals surface area contributed by atoms with E-state index in [4.69, 9.17) is 11.1 Å². The third-order valence-electron chi connectivity index (χ3n) is 1.61. The van der Waals surface area contributed by atoms with Gasteiger partial charge in [0.05, 0.1) is 0 Å². The van der Waals surface area contributed by atoms with Crippen LogP contribution in [0.2, 0.25) is 0 Å². The van der Waals surface area contributed by atoms with E-state index in [-0.39, 0.29) is 5.96 Å². The van der Waals surface area contributed by atoms with Crippen molar-refractivity contribution in [3.05, 3.63) is 11.8 Å². The zero-order valence-electron chi connectivity index (χ0n) is 6.18. The van der Waals surface area contributed by atoms with Gasteiger partial charge in [0.1, 0.15) is 0 Å². The molecule has 4 nitrogen and oxygen atoms in total. The van der Waals surface area contributed by atoms with Gasteiger partial charge in [-0.1, -0.05) is 0 Å². The average molecular weight is 140 g/mol. The van der Waals surface area contributed by atoms with Crippen LogP contribution in [-0.2, 0) is 0 Å². The van der Waals surface area contributed by atoms with Crippen LogP contribution in [0.25, 0.3) is 0 Å². The van der Waals surface area contributed by atoms with E-state index in [2.05, 4.69) is 5.43 Å². The first-order valence-corrected chi connectivity index (χ1v) is 3.19. The van der Waals surface area contributed by atoms with E-state index in [1.807, 2.05) is 20.0 Å². The molecule has 0 spiro atoms. The molecule has 4 heteroatoms. The van der Waals surface area contributed by atoms with Crippen LogP contribution in [0.15, 0.2) is 11.8 Å². The van der Waals surface area contributed by atoms with Crippen molar-refractivity contribution >= 4 is 5.96 Å². The SMILES string of the molecule is CC1=CN(C(=N)N)NC1C. The van der Waals surface area contributed by atoms with Gasteiger partial charge in [0.25, 0.3) is 0 Å². The summed E-state index contributed by atoms with van der Waals surface area (Å²) in [5.74, 6) is 0.0312. The zero-order chi connectivity index (χ0) is 7.72. The minimum absolute atomic E-state index is 0.0312. The summed E-state index contributed by atoms with van der Waals surface area (Å²) < 4.78 is 0. The van der Waals surface area contributed by atoms with Gasteiger partial charge >= 0.3 is 0 Å². The van der Waals surface area contributed by atoms with Crippen molar-refractivity contribution in [2.75, 3.05) is 0 Å². The number of nitrogens with two attached hydrogens (primary N) is 1. The fraction of sp³-hybridized carbons (Fsp3) is 0.500. The van der Waals surface area contributed by atoms with Crippen molar-refractivity contribution in [3.63, 3.8) is 0 Å². The van der Waals surface area contributed by atoms with Gasteiger partial charge in [0.2, 0.25) is 5.96 Å². The molecule has 0 aliphatic carbocycles. The average Bonchev–Trinajstić information content (AvgIpc) is 2.13. The summed E-state index contributed by atoms with van der Waals surface area (Å²) in [6, 6.07) is 0.295. The van der Waals surface area contributed by atoms with Crippen LogP contribution in [0.1, 0.15) is 13.8 Å². The number of nitrogens with one attached hydrogen (secondary N) is 2. The highest BCUT2D eigenvalue weighted by Gasteiger charge is 2.16. The normalized spacial score (nSPS) is 24.8. The monoisotopic (exact) mass is 140 g/mol. The van der Waals surface area contributed by atoms with E-state index in [9.17, 15) is 0 Å². The second kappa shape index (κ2) is 2.30. The number of hydrogen-bond donors (Lipinski definition) is 3. The smallest absolute Gasteiger partial charge is 0.207 e. The Kier molecular flexibility index (Phi) is 1.63. The molecule has 0 radical (unpaired) electrons. The first-order chi connectivity index (χ1) is 4.61. The summed E-state index contributed by atoms with van der Waals surface area (Å²) >= 11 is 0. The lowest BCUT2D eigenvalue weighted by atomic mass is 10.2. The lowest BCUT2D eigenvalue weighted by Crippen LogP contribution is -2.42. The summed E-state index contributed by atoms with van der Waals surface area (Å²) in [7, 11) is 0. The maximum absolute atomic E-state index is 7.07. The van der Waals surface area contributed by atoms with Crippen molar-refractivity contribution in [1.82, 2.24) is 10.4 Å². The molecule has 0 saturated carbocycles. The Bertz CT molecular complexity index is 184. The van der Waals surface area contributed by atoms with Crippen LogP contribution in [-0.4, -0.2) is 17.0 Å². The molecule has 56 valence electrons. The maximum Gasteiger partial charge on any atom is 0.207 e. The number of nitrogens with zero attached hydrogens (tertiary/aromatic N) is 1. The van der Waals surface area contributed by atoms with E-state index in [0.717, 1.165) is 0 Å². The molecule has 10 heavy (non-hydrogen) atoms. The Balaban J connectivity index is 2.65. The fourth-order valence-corrected chi connectivity index (χ4v) is 0.802. The Morgan fingerprint density at radius 1 is 1.90 bits per heavy atom. The summed E-state index contributed by atoms with van der Waals surface area (Å²) in [5, 5.41) is 8.58. The molecule has 1 atom stereocenters. The Morgan fingerprint density at radius 2 is 2.50 bits per heavy atom. The van der Waals surface area contributed by atoms with E-state index >= 15 is 0 Å². The highest BCUT2D eigenvalue weighted by atomic mass is 15.6. The topological polar surface area (TPSA) is 65.1 Å². The molecular formula is C6H12N4. The molecule has 0 aromatic carbocycles. The van der Waals surface area contributed by atoms with Gasteiger partial charge in [-0.05, 0) is 19.4 Å². The minimum Gasteiger partial charge on any atom is -0.369 e. The third-order valence-corrected chi connectivity index (χ3v) is 1.61. The quantitative estimate of drug-likeness (QED) is 0.327. The van der Waals surface area contributed by atoms with E-state index < -0.39 is 0 Å². The summed E-state index contributed by atoms with van der Waals surface area (Å²) in [6.45, 7) is 4.02. The fourth-order valence-electron chi connectivity index (χ4n) is 0.802. The molecular weight excluding hydrogens is 128 g/mol. The van der Waals surface area contributed by atoms with Crippen molar-refractivity contribution < 1.29 is 0 Å². The van der Waals surface area contributed by atoms with E-state index in [0.29, 0.717) is 6.04 Å². The van der Waals surface area contributed by atoms with E-state index in [1.54, 1.807) is 0 Å². The van der Waals surface area contributed by atoms with Crippen molar-refractivity contribution in [2.24, 2.45) is 5.73 Å². The van der Waals surface area contributed by atoms with Gasteiger partial charge < -0.3 is 5.73 Å². The molecule has 0 amide bonds. The highest BCUT2D eigenvalue weighted by molar-refractivity contribution is 5.75. The molecule has 0 bridgehead atoms. The van der Waals surface area contributed by atoms with Crippen LogP contribution in [0.5, 0.6) is 0 Å². The second-order valence-electron chi connectivity index (χ2n) is 2.48. The number of rotatable bonds is 0. The van der Waals surface area contributed by atoms with Gasteiger partial charge in [-0.25, -0.2) is 5.43 Å². The molecule has 4 N–H and O–H groups in total. The molecule has 1 aliphatic rings. The molecule has 1 heterocycles. The third kappa shape index (κ3) is 1.11. The maximum atomic E-state index is 7.07. The van der Waals surface area contributed by atoms with Gasteiger partial charge in [-0.3, -0.25) is 10.4 Å². The summed E-state index contributed by atoms with van der Waals surface area (Å²) in [6.07, 6.45) is 1.83. The molecule has 0 aromatic heterocycles. The lowest BCUT2D eigenvalue weighted by molar-refractivity contribution is 0.406. The predicted octanol–water partition coefficient (Wildman–Crippen LogP) is -0.00763. The molecule has 0 saturated heterocycles. The zero-order valence-corrected chi connectivity index (χ0v) is 6.18. The first kappa shape index (κ1) is 7.08. The molecule has 1 unspecified atom stereocenters. The summed E-state index contributed by atoms with van der Waals surface area (Å²) in [4.78, 5) is 0. The largest absolute Gasteiger partial charge is 0.369 e. The van der Waals surface area contributed by atoms with Gasteiger partial charge in [-0.15, -0.1) is 0 Å². The van der Waals surface area contributed by atoms with Crippen LogP contribution in [0.4, 0.5) is 0 Å². The van der Waals surface area contributed by atoms with Gasteiger partial charge in [-0.2, -0.15) is 0 Å². The highest BCUT2D eigenvalue weighted by Crippen LogP contribution is 2.09. The molecule has 1 aliphatic heterocycles. The Morgan fingerprint density at radius 3 is 2.70 bits per heavy atom. The number of guanidine groups is 1. The van der Waals surface area contributed by atoms with Crippen LogP contribution in [0.3, 0.4) is 0 Å². The number of hydrazine groups is 1. The Hall–Kier alpha value is -1.03. The second-order valence-corrected chi connectivity index (χ2v) is 2.48. The van der Waals surface area contributed by atoms with Crippen molar-refractivity contribution in [1.29, 1.82) is 5.41 Å². The lowest BCUT2D eigenvalue weighted by Gasteiger charge is -2.14. The summed E-state index contributed by atoms with van der Waals surface area (Å²) in [5.41, 5.74) is 9.41. The van der Waals surface area contributed by atoms with Crippen LogP contribution < -0.4 is 11.2 Å². The molecule has 1 rings (SSSR count).